The van der Waals surface area contributed by atoms with Gasteiger partial charge < -0.3 is 10.4 Å². The van der Waals surface area contributed by atoms with E-state index in [1.165, 1.54) is 41.0 Å². The van der Waals surface area contributed by atoms with E-state index in [-0.39, 0.29) is 24.5 Å². The fraction of sp³-hybridized carbons (Fsp3) is 0.316. The zero-order valence-electron chi connectivity index (χ0n) is 16.2. The second-order valence-corrected chi connectivity index (χ2v) is 8.33. The van der Waals surface area contributed by atoms with Gasteiger partial charge in [0.05, 0.1) is 34.0 Å². The van der Waals surface area contributed by atoms with Crippen LogP contribution in [-0.2, 0) is 24.1 Å². The average molecular weight is 475 g/mol. The van der Waals surface area contributed by atoms with E-state index in [2.05, 4.69) is 10.4 Å². The van der Waals surface area contributed by atoms with Crippen LogP contribution in [0, 0.1) is 0 Å². The maximum Gasteiger partial charge on any atom is 0.416 e. The molecule has 2 aromatic heterocycles. The lowest BCUT2D eigenvalue weighted by Crippen LogP contribution is -2.35. The first-order chi connectivity index (χ1) is 14.6. The Labute approximate surface area is 183 Å². The quantitative estimate of drug-likeness (QED) is 0.550. The molecule has 0 fully saturated rings. The van der Waals surface area contributed by atoms with Gasteiger partial charge in [0.25, 0.3) is 0 Å². The van der Waals surface area contributed by atoms with Crippen LogP contribution in [0.1, 0.15) is 24.1 Å². The molecule has 3 aromatic rings. The van der Waals surface area contributed by atoms with E-state index in [0.29, 0.717) is 9.21 Å². The van der Waals surface area contributed by atoms with Crippen LogP contribution in [0.25, 0.3) is 10.7 Å². The fourth-order valence-corrected chi connectivity index (χ4v) is 4.13. The molecular weight excluding hydrogens is 457 g/mol. The number of nitrogens with one attached hydrogen (secondary N) is 1. The largest absolute Gasteiger partial charge is 0.416 e. The van der Waals surface area contributed by atoms with Crippen molar-refractivity contribution in [3.8, 4) is 10.7 Å². The Bertz CT molecular complexity index is 1140. The standard InChI is InChI=1S/C19H18ClF3N4O3S/c1-11(12-4-2-3-5-13(12)19(21,22)23)24-16(29)10-27-18(30)26(8-9-28)17(25-27)14-6-7-15(20)31-14/h2-7,11,28H,8-10H2,1H3,(H,24,29)/t11-/m0/s1. The maximum atomic E-state index is 13.2. The number of rotatable bonds is 7. The normalized spacial score (nSPS) is 12.7. The second-order valence-electron chi connectivity index (χ2n) is 6.62. The monoisotopic (exact) mass is 474 g/mol. The van der Waals surface area contributed by atoms with Crippen molar-refractivity contribution in [1.82, 2.24) is 19.7 Å². The van der Waals surface area contributed by atoms with E-state index >= 15 is 0 Å². The van der Waals surface area contributed by atoms with Crippen molar-refractivity contribution in [2.75, 3.05) is 6.61 Å². The van der Waals surface area contributed by atoms with Gasteiger partial charge in [-0.2, -0.15) is 13.2 Å². The summed E-state index contributed by atoms with van der Waals surface area (Å²) in [6.45, 7) is 0.562. The van der Waals surface area contributed by atoms with E-state index in [9.17, 15) is 27.9 Å². The van der Waals surface area contributed by atoms with E-state index in [0.717, 1.165) is 10.7 Å². The molecule has 166 valence electrons. The van der Waals surface area contributed by atoms with Crippen LogP contribution in [0.2, 0.25) is 4.34 Å². The predicted octanol–water partition coefficient (Wildman–Crippen LogP) is 3.32. The number of hydrogen-bond acceptors (Lipinski definition) is 5. The smallest absolute Gasteiger partial charge is 0.395 e. The van der Waals surface area contributed by atoms with Crippen molar-refractivity contribution in [3.63, 3.8) is 0 Å². The minimum Gasteiger partial charge on any atom is -0.395 e. The van der Waals surface area contributed by atoms with Crippen LogP contribution in [0.5, 0.6) is 0 Å². The molecule has 1 amide bonds. The summed E-state index contributed by atoms with van der Waals surface area (Å²) in [5.41, 5.74) is -1.56. The highest BCUT2D eigenvalue weighted by atomic mass is 35.5. The Hall–Kier alpha value is -2.63. The highest BCUT2D eigenvalue weighted by Gasteiger charge is 2.34. The SMILES string of the molecule is C[C@H](NC(=O)Cn1nc(-c2ccc(Cl)s2)n(CCO)c1=O)c1ccccc1C(F)(F)F. The Morgan fingerprint density at radius 3 is 2.61 bits per heavy atom. The van der Waals surface area contributed by atoms with Crippen LogP contribution in [0.15, 0.2) is 41.2 Å². The number of aliphatic hydroxyl groups excluding tert-OH is 1. The van der Waals surface area contributed by atoms with E-state index < -0.39 is 35.9 Å². The summed E-state index contributed by atoms with van der Waals surface area (Å²) in [6, 6.07) is 7.28. The van der Waals surface area contributed by atoms with Crippen LogP contribution >= 0.6 is 22.9 Å². The molecule has 12 heteroatoms. The molecule has 0 radical (unpaired) electrons. The highest BCUT2D eigenvalue weighted by Crippen LogP contribution is 2.34. The molecule has 1 aromatic carbocycles. The molecule has 0 saturated carbocycles. The van der Waals surface area contributed by atoms with Gasteiger partial charge >= 0.3 is 11.9 Å². The Balaban J connectivity index is 1.82. The summed E-state index contributed by atoms with van der Waals surface area (Å²) in [6.07, 6.45) is -4.56. The number of carbonyl (C=O) groups is 1. The summed E-state index contributed by atoms with van der Waals surface area (Å²) in [4.78, 5) is 25.7. The molecule has 0 unspecified atom stereocenters. The molecule has 31 heavy (non-hydrogen) atoms. The van der Waals surface area contributed by atoms with Gasteiger partial charge in [0.15, 0.2) is 5.82 Å². The molecule has 0 aliphatic rings. The van der Waals surface area contributed by atoms with E-state index in [1.807, 2.05) is 0 Å². The lowest BCUT2D eigenvalue weighted by atomic mass is 10.0. The molecule has 0 bridgehead atoms. The second kappa shape index (κ2) is 9.25. The number of nitrogens with zero attached hydrogens (tertiary/aromatic N) is 3. The third-order valence-corrected chi connectivity index (χ3v) is 5.67. The number of amides is 1. The van der Waals surface area contributed by atoms with Gasteiger partial charge in [-0.1, -0.05) is 29.8 Å². The summed E-state index contributed by atoms with van der Waals surface area (Å²) in [7, 11) is 0. The minimum absolute atomic E-state index is 0.0410. The van der Waals surface area contributed by atoms with Crippen molar-refractivity contribution in [1.29, 1.82) is 0 Å². The molecule has 0 aliphatic heterocycles. The van der Waals surface area contributed by atoms with Gasteiger partial charge in [-0.15, -0.1) is 16.4 Å². The molecule has 3 rings (SSSR count). The number of aromatic nitrogens is 3. The number of halogens is 4. The molecule has 0 spiro atoms. The summed E-state index contributed by atoms with van der Waals surface area (Å²) >= 11 is 7.11. The number of benzene rings is 1. The van der Waals surface area contributed by atoms with Crippen LogP contribution < -0.4 is 11.0 Å². The number of carbonyl (C=O) groups excluding carboxylic acids is 1. The molecule has 0 aliphatic carbocycles. The van der Waals surface area contributed by atoms with Crippen molar-refractivity contribution in [3.05, 3.63) is 62.3 Å². The first-order valence-electron chi connectivity index (χ1n) is 9.11. The maximum absolute atomic E-state index is 13.2. The van der Waals surface area contributed by atoms with Crippen molar-refractivity contribution < 1.29 is 23.1 Å². The number of hydrogen-bond donors (Lipinski definition) is 2. The third-order valence-electron chi connectivity index (χ3n) is 4.44. The van der Waals surface area contributed by atoms with Gasteiger partial charge in [-0.05, 0) is 30.7 Å². The number of thiophene rings is 1. The predicted molar refractivity (Wildman–Crippen MR) is 110 cm³/mol. The fourth-order valence-electron chi connectivity index (χ4n) is 3.10. The molecule has 2 heterocycles. The molecule has 7 nitrogen and oxygen atoms in total. The molecule has 0 saturated heterocycles. The number of alkyl halides is 3. The molecular formula is C19H18ClF3N4O3S. The van der Waals surface area contributed by atoms with Crippen molar-refractivity contribution in [2.24, 2.45) is 0 Å². The zero-order valence-corrected chi connectivity index (χ0v) is 17.8. The third kappa shape index (κ3) is 5.17. The van der Waals surface area contributed by atoms with Gasteiger partial charge in [-0.25, -0.2) is 9.48 Å². The first-order valence-corrected chi connectivity index (χ1v) is 10.3. The summed E-state index contributed by atoms with van der Waals surface area (Å²) in [5.74, 6) is -0.449. The average Bonchev–Trinajstić information content (AvgIpc) is 3.26. The molecule has 1 atom stereocenters. The lowest BCUT2D eigenvalue weighted by molar-refractivity contribution is -0.138. The Morgan fingerprint density at radius 1 is 1.29 bits per heavy atom. The first kappa shape index (κ1) is 23.0. The van der Waals surface area contributed by atoms with Crippen molar-refractivity contribution >= 4 is 28.8 Å². The van der Waals surface area contributed by atoms with Crippen LogP contribution in [0.3, 0.4) is 0 Å². The Kier molecular flexibility index (Phi) is 6.87. The lowest BCUT2D eigenvalue weighted by Gasteiger charge is -2.19. The summed E-state index contributed by atoms with van der Waals surface area (Å²) in [5, 5.41) is 15.9. The van der Waals surface area contributed by atoms with Gasteiger partial charge in [-0.3, -0.25) is 9.36 Å². The van der Waals surface area contributed by atoms with Gasteiger partial charge in [0.1, 0.15) is 6.54 Å². The minimum atomic E-state index is -4.56. The highest BCUT2D eigenvalue weighted by molar-refractivity contribution is 7.19. The van der Waals surface area contributed by atoms with Gasteiger partial charge in [0.2, 0.25) is 5.91 Å². The van der Waals surface area contributed by atoms with Gasteiger partial charge in [0, 0.05) is 0 Å². The summed E-state index contributed by atoms with van der Waals surface area (Å²) < 4.78 is 42.3. The Morgan fingerprint density at radius 2 is 2.00 bits per heavy atom. The van der Waals surface area contributed by atoms with E-state index in [4.69, 9.17) is 11.6 Å². The van der Waals surface area contributed by atoms with Crippen molar-refractivity contribution in [2.45, 2.75) is 32.2 Å². The number of aliphatic hydroxyl groups is 1. The van der Waals surface area contributed by atoms with Crippen LogP contribution in [0.4, 0.5) is 13.2 Å². The zero-order chi connectivity index (χ0) is 22.8. The molecule has 2 N–H and O–H groups in total. The van der Waals surface area contributed by atoms with E-state index in [1.54, 1.807) is 12.1 Å². The topological polar surface area (TPSA) is 89.2 Å². The van der Waals surface area contributed by atoms with Crippen LogP contribution in [-0.4, -0.2) is 32.0 Å².